The first-order valence-corrected chi connectivity index (χ1v) is 12.8. The molecule has 0 saturated carbocycles. The summed E-state index contributed by atoms with van der Waals surface area (Å²) in [5, 5.41) is 0.666. The molecule has 6 nitrogen and oxygen atoms in total. The molecule has 0 spiro atoms. The van der Waals surface area contributed by atoms with Crippen LogP contribution in [-0.2, 0) is 4.74 Å². The van der Waals surface area contributed by atoms with E-state index in [0.29, 0.717) is 17.5 Å². The molecule has 3 atom stereocenters. The fourth-order valence-corrected chi connectivity index (χ4v) is 5.67. The Kier molecular flexibility index (Phi) is 6.37. The number of nitrogens with zero attached hydrogens (tertiary/aromatic N) is 4. The van der Waals surface area contributed by atoms with Gasteiger partial charge in [0.25, 0.3) is 0 Å². The average molecular weight is 541 g/mol. The number of thioether (sulfide) groups is 1. The summed E-state index contributed by atoms with van der Waals surface area (Å²) in [7, 11) is 0. The van der Waals surface area contributed by atoms with Gasteiger partial charge in [-0.15, -0.1) is 0 Å². The summed E-state index contributed by atoms with van der Waals surface area (Å²) in [6.07, 6.45) is 3.03. The van der Waals surface area contributed by atoms with Gasteiger partial charge in [0.15, 0.2) is 11.0 Å². The second kappa shape index (κ2) is 8.69. The predicted molar refractivity (Wildman–Crippen MR) is 130 cm³/mol. The van der Waals surface area contributed by atoms with Crippen LogP contribution < -0.4 is 4.90 Å². The Morgan fingerprint density at radius 1 is 1.27 bits per heavy atom. The number of piperazine rings is 1. The van der Waals surface area contributed by atoms with Gasteiger partial charge in [0.2, 0.25) is 0 Å². The Morgan fingerprint density at radius 3 is 2.58 bits per heavy atom. The summed E-state index contributed by atoms with van der Waals surface area (Å²) < 4.78 is 35.1. The van der Waals surface area contributed by atoms with Crippen molar-refractivity contribution in [1.29, 1.82) is 0 Å². The van der Waals surface area contributed by atoms with Crippen LogP contribution >= 0.6 is 27.7 Å². The molecule has 2 aromatic rings. The first-order chi connectivity index (χ1) is 15.4. The largest absolute Gasteiger partial charge is 0.444 e. The van der Waals surface area contributed by atoms with Gasteiger partial charge in [-0.1, -0.05) is 23.9 Å². The normalized spacial score (nSPS) is 22.7. The van der Waals surface area contributed by atoms with Crippen LogP contribution in [0.3, 0.4) is 0 Å². The zero-order valence-corrected chi connectivity index (χ0v) is 21.7. The van der Waals surface area contributed by atoms with E-state index in [2.05, 4.69) is 32.5 Å². The van der Waals surface area contributed by atoms with E-state index in [0.717, 1.165) is 24.5 Å². The number of halogens is 3. The van der Waals surface area contributed by atoms with Gasteiger partial charge < -0.3 is 9.64 Å². The summed E-state index contributed by atoms with van der Waals surface area (Å²) in [6.45, 7) is 12.1. The predicted octanol–water partition coefficient (Wildman–Crippen LogP) is 5.93. The van der Waals surface area contributed by atoms with Gasteiger partial charge in [-0.25, -0.2) is 23.5 Å². The Morgan fingerprint density at radius 2 is 1.97 bits per heavy atom. The molecule has 2 aliphatic heterocycles. The average Bonchev–Trinajstić information content (AvgIpc) is 3.03. The van der Waals surface area contributed by atoms with Crippen LogP contribution in [0.4, 0.5) is 19.4 Å². The van der Waals surface area contributed by atoms with Crippen molar-refractivity contribution in [2.75, 3.05) is 17.7 Å². The second-order valence-electron chi connectivity index (χ2n) is 9.54. The third-order valence-electron chi connectivity index (χ3n) is 6.00. The zero-order valence-electron chi connectivity index (χ0n) is 19.3. The second-order valence-corrected chi connectivity index (χ2v) is 11.1. The molecule has 1 amide bonds. The monoisotopic (exact) mass is 540 g/mol. The highest BCUT2D eigenvalue weighted by atomic mass is 79.9. The minimum absolute atomic E-state index is 0.0556. The van der Waals surface area contributed by atoms with E-state index in [4.69, 9.17) is 4.74 Å². The molecule has 0 N–H and O–H groups in total. The number of benzene rings is 1. The molecule has 2 aliphatic rings. The van der Waals surface area contributed by atoms with Gasteiger partial charge in [0.05, 0.1) is 28.0 Å². The topological polar surface area (TPSA) is 58.6 Å². The fraction of sp³-hybridized carbons (Fsp3) is 0.522. The van der Waals surface area contributed by atoms with Crippen LogP contribution in [0.5, 0.6) is 0 Å². The lowest BCUT2D eigenvalue weighted by Crippen LogP contribution is -2.62. The third-order valence-corrected chi connectivity index (χ3v) is 7.32. The first kappa shape index (κ1) is 24.2. The van der Waals surface area contributed by atoms with Crippen LogP contribution in [0.1, 0.15) is 40.5 Å². The van der Waals surface area contributed by atoms with E-state index in [9.17, 15) is 13.6 Å². The first-order valence-electron chi connectivity index (χ1n) is 10.8. The van der Waals surface area contributed by atoms with Crippen molar-refractivity contribution in [3.8, 4) is 0 Å². The maximum atomic E-state index is 14.8. The Bertz CT molecular complexity index is 1140. The van der Waals surface area contributed by atoms with Crippen molar-refractivity contribution in [3.05, 3.63) is 34.3 Å². The number of aromatic nitrogens is 2. The van der Waals surface area contributed by atoms with Gasteiger partial charge in [0.1, 0.15) is 22.8 Å². The number of hydrogen-bond acceptors (Lipinski definition) is 6. The van der Waals surface area contributed by atoms with Crippen molar-refractivity contribution in [2.45, 2.75) is 69.4 Å². The summed E-state index contributed by atoms with van der Waals surface area (Å²) in [6, 6.07) is 0.243. The molecule has 10 heteroatoms. The molecular weight excluding hydrogens is 514 g/mol. The lowest BCUT2D eigenvalue weighted by atomic mass is 9.96. The highest BCUT2D eigenvalue weighted by Gasteiger charge is 2.50. The highest BCUT2D eigenvalue weighted by Crippen LogP contribution is 2.43. The molecule has 2 fully saturated rings. The lowest BCUT2D eigenvalue weighted by Gasteiger charge is -2.48. The number of carbonyl (C=O) groups is 1. The number of amides is 1. The highest BCUT2D eigenvalue weighted by molar-refractivity contribution is 9.10. The van der Waals surface area contributed by atoms with E-state index >= 15 is 0 Å². The summed E-state index contributed by atoms with van der Waals surface area (Å²) in [5.74, 6) is -1.03. The van der Waals surface area contributed by atoms with Crippen molar-refractivity contribution in [1.82, 2.24) is 14.9 Å². The molecule has 2 bridgehead atoms. The Balaban J connectivity index is 1.86. The summed E-state index contributed by atoms with van der Waals surface area (Å²) in [4.78, 5) is 25.9. The number of anilines is 1. The molecule has 4 rings (SSSR count). The van der Waals surface area contributed by atoms with E-state index in [1.807, 2.05) is 43.8 Å². The van der Waals surface area contributed by atoms with Crippen LogP contribution in [0.25, 0.3) is 10.9 Å². The summed E-state index contributed by atoms with van der Waals surface area (Å²) >= 11 is 4.58. The fourth-order valence-electron chi connectivity index (χ4n) is 4.83. The standard InChI is InChI=1S/C23H27BrF2N4O2S/c1-11(2)19-15-8-7-12(30(15)22(31)32-23(3,4)5)10-29(19)20-16-17(24)13(25)9-14(26)18(16)27-21(28-20)33-6/h9,12,15,19H,1,7-8,10H2,2-6H3/t12-,15+,19?/m1/s1. The van der Waals surface area contributed by atoms with Crippen molar-refractivity contribution >= 4 is 50.5 Å². The zero-order chi connectivity index (χ0) is 24.2. The van der Waals surface area contributed by atoms with Gasteiger partial charge in [0, 0.05) is 12.6 Å². The molecular formula is C23H27BrF2N4O2S. The molecule has 33 heavy (non-hydrogen) atoms. The Hall–Kier alpha value is -1.94. The summed E-state index contributed by atoms with van der Waals surface area (Å²) in [5.41, 5.74) is 0.280. The third kappa shape index (κ3) is 4.32. The number of fused-ring (bicyclic) bond motifs is 3. The van der Waals surface area contributed by atoms with Crippen LogP contribution in [0, 0.1) is 11.6 Å². The molecule has 1 unspecified atom stereocenters. The maximum absolute atomic E-state index is 14.8. The van der Waals surface area contributed by atoms with E-state index < -0.39 is 17.2 Å². The van der Waals surface area contributed by atoms with E-state index in [-0.39, 0.29) is 39.6 Å². The molecule has 1 aromatic heterocycles. The van der Waals surface area contributed by atoms with Gasteiger partial charge >= 0.3 is 6.09 Å². The van der Waals surface area contributed by atoms with Crippen molar-refractivity contribution in [2.24, 2.45) is 0 Å². The van der Waals surface area contributed by atoms with E-state index in [1.54, 1.807) is 0 Å². The van der Waals surface area contributed by atoms with Gasteiger partial charge in [-0.2, -0.15) is 0 Å². The van der Waals surface area contributed by atoms with Crippen LogP contribution in [-0.4, -0.2) is 57.5 Å². The quantitative estimate of drug-likeness (QED) is 0.208. The van der Waals surface area contributed by atoms with Crippen LogP contribution in [0.2, 0.25) is 0 Å². The van der Waals surface area contributed by atoms with Crippen molar-refractivity contribution < 1.29 is 18.3 Å². The SMILES string of the molecule is C=C(C)C1[C@@H]2CC[C@H](CN1c1nc(SC)nc3c(F)cc(F)c(Br)c13)N2C(=O)OC(C)(C)C. The van der Waals surface area contributed by atoms with Gasteiger partial charge in [-0.05, 0) is 62.7 Å². The molecule has 2 saturated heterocycles. The molecule has 1 aromatic carbocycles. The molecule has 3 heterocycles. The number of hydrogen-bond donors (Lipinski definition) is 0. The molecule has 0 aliphatic carbocycles. The minimum atomic E-state index is -0.744. The van der Waals surface area contributed by atoms with Crippen molar-refractivity contribution in [3.63, 3.8) is 0 Å². The van der Waals surface area contributed by atoms with Crippen LogP contribution in [0.15, 0.2) is 27.8 Å². The maximum Gasteiger partial charge on any atom is 0.410 e. The van der Waals surface area contributed by atoms with Gasteiger partial charge in [-0.3, -0.25) is 4.90 Å². The number of carbonyl (C=O) groups excluding carboxylic acids is 1. The number of ether oxygens (including phenoxy) is 1. The number of rotatable bonds is 3. The minimum Gasteiger partial charge on any atom is -0.444 e. The molecule has 0 radical (unpaired) electrons. The lowest BCUT2D eigenvalue weighted by molar-refractivity contribution is 0.00913. The molecule has 178 valence electrons. The smallest absolute Gasteiger partial charge is 0.410 e. The van der Waals surface area contributed by atoms with E-state index in [1.165, 1.54) is 11.8 Å². The Labute approximate surface area is 204 Å².